The van der Waals surface area contributed by atoms with E-state index in [1.807, 2.05) is 0 Å². The van der Waals surface area contributed by atoms with Crippen molar-refractivity contribution < 1.29 is 0 Å². The van der Waals surface area contributed by atoms with E-state index in [0.29, 0.717) is 5.92 Å². The highest BCUT2D eigenvalue weighted by Crippen LogP contribution is 2.60. The summed E-state index contributed by atoms with van der Waals surface area (Å²) in [5, 5.41) is 2.50. The molecule has 2 heteroatoms. The molecule has 0 aliphatic heterocycles. The molecule has 0 saturated heterocycles. The van der Waals surface area contributed by atoms with E-state index < -0.39 is 0 Å². The molecule has 1 unspecified atom stereocenters. The SMILES string of the molecule is Cc1c(-c2cccc3c2C(C)(C)c2c-3ccc3c2-c2ccccc2C3(C)C)cc(-c2ccccc2)nc1-n1c2ccccc2c2cc3c(cc21)CCC(c1ccccc1)c1ccccc1-3. The Bertz CT molecular complexity index is 3600. The molecule has 0 amide bonds. The maximum Gasteiger partial charge on any atom is 0.141 e. The lowest BCUT2D eigenvalue weighted by atomic mass is 9.75. The zero-order chi connectivity index (χ0) is 43.8. The van der Waals surface area contributed by atoms with E-state index in [-0.39, 0.29) is 10.8 Å². The standard InChI is InChI=1S/C63H50N2/c1-38-50(47-28-18-27-46-48-33-34-54-58(60(48)63(4,5)59(46)47)49-26-14-16-29-53(49)62(54,2)3)37-55(40-21-10-7-11-22-40)64-61(38)65-56-30-17-15-25-45(56)52-36-51-41(35-57(52)65)31-32-42(39-19-8-6-9-20-39)43-23-12-13-24-44(43)51/h6-30,33-37,42H,31-32H2,1-5H3. The normalized spacial score (nSPS) is 16.0. The van der Waals surface area contributed by atoms with E-state index in [0.717, 1.165) is 29.9 Å². The number of para-hydroxylation sites is 1. The first-order chi connectivity index (χ1) is 31.7. The fraction of sp³-hybridized carbons (Fsp3) is 0.159. The highest BCUT2D eigenvalue weighted by Gasteiger charge is 2.45. The minimum atomic E-state index is -0.263. The van der Waals surface area contributed by atoms with Crippen LogP contribution in [0.3, 0.4) is 0 Å². The van der Waals surface area contributed by atoms with Crippen LogP contribution in [-0.4, -0.2) is 9.55 Å². The van der Waals surface area contributed by atoms with Gasteiger partial charge in [-0.05, 0) is 127 Å². The van der Waals surface area contributed by atoms with Gasteiger partial charge in [0.2, 0.25) is 0 Å². The molecule has 312 valence electrons. The van der Waals surface area contributed by atoms with Gasteiger partial charge in [-0.15, -0.1) is 0 Å². The average molecular weight is 835 g/mol. The number of rotatable bonds is 4. The maximum atomic E-state index is 5.71. The van der Waals surface area contributed by atoms with Crippen LogP contribution >= 0.6 is 0 Å². The predicted octanol–water partition coefficient (Wildman–Crippen LogP) is 16.2. The number of aryl methyl sites for hydroxylation is 1. The Hall–Kier alpha value is -7.29. The molecule has 8 aromatic carbocycles. The first kappa shape index (κ1) is 38.2. The molecule has 0 spiro atoms. The Balaban J connectivity index is 1.05. The molecular formula is C63H50N2. The molecule has 0 radical (unpaired) electrons. The van der Waals surface area contributed by atoms with E-state index >= 15 is 0 Å². The number of aromatic nitrogens is 2. The fourth-order valence-electron chi connectivity index (χ4n) is 12.6. The van der Waals surface area contributed by atoms with Gasteiger partial charge in [-0.25, -0.2) is 4.98 Å². The lowest BCUT2D eigenvalue weighted by Gasteiger charge is -2.28. The molecule has 3 aliphatic carbocycles. The second-order valence-corrected chi connectivity index (χ2v) is 19.8. The lowest BCUT2D eigenvalue weighted by Crippen LogP contribution is -2.19. The Morgan fingerprint density at radius 3 is 1.97 bits per heavy atom. The molecule has 0 bridgehead atoms. The summed E-state index contributed by atoms with van der Waals surface area (Å²) < 4.78 is 2.48. The Morgan fingerprint density at radius 1 is 0.492 bits per heavy atom. The zero-order valence-electron chi connectivity index (χ0n) is 37.7. The van der Waals surface area contributed by atoms with Gasteiger partial charge < -0.3 is 0 Å². The van der Waals surface area contributed by atoms with Crippen molar-refractivity contribution in [2.24, 2.45) is 0 Å². The van der Waals surface area contributed by atoms with Gasteiger partial charge in [0.05, 0.1) is 16.7 Å². The van der Waals surface area contributed by atoms with Gasteiger partial charge in [0.1, 0.15) is 5.82 Å². The van der Waals surface area contributed by atoms with Gasteiger partial charge in [-0.3, -0.25) is 4.57 Å². The molecular weight excluding hydrogens is 785 g/mol. The summed E-state index contributed by atoms with van der Waals surface area (Å²) in [5.41, 5.74) is 25.9. The third-order valence-electron chi connectivity index (χ3n) is 15.6. The number of fused-ring (bicyclic) bond motifs is 13. The number of hydrogen-bond acceptors (Lipinski definition) is 1. The number of hydrogen-bond donors (Lipinski definition) is 0. The molecule has 2 heterocycles. The van der Waals surface area contributed by atoms with Crippen LogP contribution in [0.5, 0.6) is 0 Å². The summed E-state index contributed by atoms with van der Waals surface area (Å²) >= 11 is 0. The Labute approximate surface area is 381 Å². The Morgan fingerprint density at radius 2 is 1.15 bits per heavy atom. The summed E-state index contributed by atoms with van der Waals surface area (Å²) in [4.78, 5) is 5.71. The van der Waals surface area contributed by atoms with E-state index in [2.05, 4.69) is 221 Å². The van der Waals surface area contributed by atoms with E-state index in [9.17, 15) is 0 Å². The van der Waals surface area contributed by atoms with Gasteiger partial charge in [-0.2, -0.15) is 0 Å². The van der Waals surface area contributed by atoms with Gasteiger partial charge in [0, 0.05) is 38.6 Å². The van der Waals surface area contributed by atoms with Crippen LogP contribution < -0.4 is 0 Å². The molecule has 0 fully saturated rings. The molecule has 0 N–H and O–H groups in total. The van der Waals surface area contributed by atoms with Crippen molar-refractivity contribution in [3.63, 3.8) is 0 Å². The van der Waals surface area contributed by atoms with Crippen molar-refractivity contribution >= 4 is 21.8 Å². The van der Waals surface area contributed by atoms with Crippen molar-refractivity contribution in [1.82, 2.24) is 9.55 Å². The van der Waals surface area contributed by atoms with Crippen molar-refractivity contribution in [3.05, 3.63) is 226 Å². The molecule has 65 heavy (non-hydrogen) atoms. The smallest absolute Gasteiger partial charge is 0.141 e. The molecule has 2 aromatic heterocycles. The average Bonchev–Trinajstić information content (AvgIpc) is 3.82. The fourth-order valence-corrected chi connectivity index (χ4v) is 12.6. The molecule has 3 aliphatic rings. The third-order valence-corrected chi connectivity index (χ3v) is 15.6. The van der Waals surface area contributed by atoms with E-state index in [1.54, 1.807) is 0 Å². The molecule has 1 atom stereocenters. The van der Waals surface area contributed by atoms with Crippen LogP contribution in [0, 0.1) is 6.92 Å². The Kier molecular flexibility index (Phi) is 8.14. The van der Waals surface area contributed by atoms with Crippen molar-refractivity contribution in [3.8, 4) is 61.6 Å². The highest BCUT2D eigenvalue weighted by molar-refractivity contribution is 6.11. The highest BCUT2D eigenvalue weighted by atomic mass is 15.1. The van der Waals surface area contributed by atoms with Crippen molar-refractivity contribution in [2.75, 3.05) is 0 Å². The summed E-state index contributed by atoms with van der Waals surface area (Å²) in [7, 11) is 0. The maximum absolute atomic E-state index is 5.71. The van der Waals surface area contributed by atoms with Crippen LogP contribution in [0.15, 0.2) is 182 Å². The molecule has 10 aromatic rings. The van der Waals surface area contributed by atoms with Crippen LogP contribution in [0.2, 0.25) is 0 Å². The van der Waals surface area contributed by atoms with Crippen LogP contribution in [0.4, 0.5) is 0 Å². The molecule has 0 saturated carbocycles. The minimum Gasteiger partial charge on any atom is -0.294 e. The minimum absolute atomic E-state index is 0.0660. The summed E-state index contributed by atoms with van der Waals surface area (Å²) in [6.07, 6.45) is 2.04. The van der Waals surface area contributed by atoms with E-state index in [1.165, 1.54) is 111 Å². The monoisotopic (exact) mass is 834 g/mol. The van der Waals surface area contributed by atoms with Gasteiger partial charge >= 0.3 is 0 Å². The number of pyridine rings is 1. The summed E-state index contributed by atoms with van der Waals surface area (Å²) in [5.74, 6) is 1.31. The topological polar surface area (TPSA) is 17.8 Å². The predicted molar refractivity (Wildman–Crippen MR) is 271 cm³/mol. The molecule has 2 nitrogen and oxygen atoms in total. The zero-order valence-corrected chi connectivity index (χ0v) is 37.7. The first-order valence-corrected chi connectivity index (χ1v) is 23.4. The summed E-state index contributed by atoms with van der Waals surface area (Å²) in [6, 6.07) is 68.2. The van der Waals surface area contributed by atoms with Crippen molar-refractivity contribution in [1.29, 1.82) is 0 Å². The second kappa shape index (κ2) is 13.9. The second-order valence-electron chi connectivity index (χ2n) is 19.8. The van der Waals surface area contributed by atoms with Crippen LogP contribution in [-0.2, 0) is 17.3 Å². The third kappa shape index (κ3) is 5.37. The van der Waals surface area contributed by atoms with E-state index in [4.69, 9.17) is 4.98 Å². The van der Waals surface area contributed by atoms with Crippen LogP contribution in [0.25, 0.3) is 83.4 Å². The van der Waals surface area contributed by atoms with Gasteiger partial charge in [0.15, 0.2) is 0 Å². The van der Waals surface area contributed by atoms with Gasteiger partial charge in [0.25, 0.3) is 0 Å². The first-order valence-electron chi connectivity index (χ1n) is 23.4. The summed E-state index contributed by atoms with van der Waals surface area (Å²) in [6.45, 7) is 12.0. The van der Waals surface area contributed by atoms with Gasteiger partial charge in [-0.1, -0.05) is 185 Å². The van der Waals surface area contributed by atoms with Crippen LogP contribution in [0.1, 0.15) is 84.5 Å². The number of nitrogens with zero attached hydrogens (tertiary/aromatic N) is 2. The quantitative estimate of drug-likeness (QED) is 0.173. The molecule has 13 rings (SSSR count). The largest absolute Gasteiger partial charge is 0.294 e. The number of benzene rings is 8. The van der Waals surface area contributed by atoms with Crippen molar-refractivity contribution in [2.45, 2.75) is 64.2 Å². The lowest BCUT2D eigenvalue weighted by molar-refractivity contribution is 0.648.